The van der Waals surface area contributed by atoms with Crippen molar-refractivity contribution in [1.82, 2.24) is 0 Å². The van der Waals surface area contributed by atoms with Crippen LogP contribution in [0.4, 0.5) is 0 Å². The van der Waals surface area contributed by atoms with Gasteiger partial charge in [-0.15, -0.1) is 0 Å². The molecule has 0 aromatic heterocycles. The van der Waals surface area contributed by atoms with E-state index < -0.39 is 21.5 Å². The van der Waals surface area contributed by atoms with Crippen molar-refractivity contribution in [3.05, 3.63) is 128 Å². The van der Waals surface area contributed by atoms with Crippen LogP contribution in [0.5, 0.6) is 0 Å². The van der Waals surface area contributed by atoms with Crippen molar-refractivity contribution < 1.29 is 15.6 Å². The predicted molar refractivity (Wildman–Crippen MR) is 237 cm³/mol. The van der Waals surface area contributed by atoms with Crippen LogP contribution in [0.3, 0.4) is 0 Å². The summed E-state index contributed by atoms with van der Waals surface area (Å²) in [5.41, 5.74) is 19.4. The van der Waals surface area contributed by atoms with Gasteiger partial charge in [0.25, 0.3) is 0 Å². The molecule has 0 spiro atoms. The number of hydrogen-bond acceptors (Lipinski definition) is 0. The first-order valence-electron chi connectivity index (χ1n) is 21.3. The molecular weight excluding hydrogens is 791 g/mol. The fourth-order valence-corrected chi connectivity index (χ4v) is 43.0. The van der Waals surface area contributed by atoms with Crippen molar-refractivity contribution in [3.8, 4) is 22.3 Å². The van der Waals surface area contributed by atoms with Gasteiger partial charge >= 0.3 is 338 Å². The van der Waals surface area contributed by atoms with E-state index in [0.717, 1.165) is 24.7 Å². The van der Waals surface area contributed by atoms with Crippen LogP contribution in [0.15, 0.2) is 83.9 Å². The summed E-state index contributed by atoms with van der Waals surface area (Å²) < 4.78 is 0.277. The molecule has 2 unspecified atom stereocenters. The summed E-state index contributed by atoms with van der Waals surface area (Å²) >= 11 is -4.97. The van der Waals surface area contributed by atoms with Crippen LogP contribution < -0.4 is 0 Å². The zero-order valence-corrected chi connectivity index (χ0v) is 38.8. The Kier molecular flexibility index (Phi) is 11.1. The molecule has 0 amide bonds. The normalized spacial score (nSPS) is 21.4. The molecule has 4 aromatic rings. The number of allylic oxidation sites excluding steroid dienone is 2. The second-order valence-corrected chi connectivity index (χ2v) is 61.0. The Morgan fingerprint density at radius 3 is 1.26 bits per heavy atom. The molecule has 283 valence electrons. The molecule has 0 N–H and O–H groups in total. The minimum atomic E-state index is -4.97. The molecule has 2 fully saturated rings. The molecule has 4 aliphatic carbocycles. The third kappa shape index (κ3) is 7.12. The van der Waals surface area contributed by atoms with Gasteiger partial charge in [0.1, 0.15) is 0 Å². The molecule has 4 heteroatoms. The molecule has 0 radical (unpaired) electrons. The number of aryl methyl sites for hydroxylation is 4. The molecule has 4 aromatic carbocycles. The predicted octanol–water partition coefficient (Wildman–Crippen LogP) is 15.8. The van der Waals surface area contributed by atoms with Crippen LogP contribution >= 0.6 is 17.0 Å². The van der Waals surface area contributed by atoms with Gasteiger partial charge in [-0.1, -0.05) is 0 Å². The van der Waals surface area contributed by atoms with Crippen molar-refractivity contribution in [2.75, 3.05) is 0 Å². The summed E-state index contributed by atoms with van der Waals surface area (Å²) in [5, 5.41) is 0. The van der Waals surface area contributed by atoms with Gasteiger partial charge in [-0.3, -0.25) is 0 Å². The zero-order valence-electron chi connectivity index (χ0n) is 33.7. The summed E-state index contributed by atoms with van der Waals surface area (Å²) in [7, 11) is 18.2. The van der Waals surface area contributed by atoms with Crippen LogP contribution in [0.25, 0.3) is 34.4 Å². The average Bonchev–Trinajstić information content (AvgIpc) is 3.70. The van der Waals surface area contributed by atoms with Gasteiger partial charge in [0.2, 0.25) is 0 Å². The number of benzene rings is 4. The summed E-state index contributed by atoms with van der Waals surface area (Å²) in [6, 6.07) is 28.3. The number of halogens is 2. The van der Waals surface area contributed by atoms with E-state index in [1.807, 2.05) is 0 Å². The Balaban J connectivity index is 1.35. The van der Waals surface area contributed by atoms with Gasteiger partial charge in [-0.2, -0.15) is 0 Å². The molecule has 0 nitrogen and oxygen atoms in total. The van der Waals surface area contributed by atoms with E-state index in [0.29, 0.717) is 0 Å². The van der Waals surface area contributed by atoms with Crippen molar-refractivity contribution in [1.29, 1.82) is 0 Å². The molecule has 54 heavy (non-hydrogen) atoms. The van der Waals surface area contributed by atoms with E-state index in [-0.39, 0.29) is 7.25 Å². The third-order valence-electron chi connectivity index (χ3n) is 14.1. The first-order chi connectivity index (χ1) is 25.9. The Hall–Kier alpha value is -1.96. The molecule has 0 bridgehead atoms. The van der Waals surface area contributed by atoms with Gasteiger partial charge in [-0.05, 0) is 0 Å². The van der Waals surface area contributed by atoms with E-state index in [1.165, 1.54) is 131 Å². The SMILES string of the molecule is Cc1cc(C)cc(-c2cccc3c2C=C(CC2CCCCC2)[CH]3[Zr]([Cl])([Cl])([CH]2C(CC3CCCCC3)=Cc3c(-c4cc(C)cc(C)c4)cccc32)[SiH](C)C)c1. The third-order valence-corrected chi connectivity index (χ3v) is 65.9. The molecule has 0 aliphatic heterocycles. The van der Waals surface area contributed by atoms with Crippen LogP contribution in [-0.4, -0.2) is 5.92 Å². The first-order valence-corrected chi connectivity index (χ1v) is 37.6. The van der Waals surface area contributed by atoms with Crippen LogP contribution in [-0.2, 0) is 15.6 Å². The Labute approximate surface area is 335 Å². The molecule has 2 atom stereocenters. The molecule has 2 saturated carbocycles. The molecule has 8 rings (SSSR count). The molecule has 0 heterocycles. The van der Waals surface area contributed by atoms with E-state index in [9.17, 15) is 0 Å². The van der Waals surface area contributed by atoms with Gasteiger partial charge in [0.15, 0.2) is 0 Å². The summed E-state index contributed by atoms with van der Waals surface area (Å²) in [4.78, 5) is 0. The van der Waals surface area contributed by atoms with Crippen molar-refractivity contribution in [2.45, 2.75) is 125 Å². The van der Waals surface area contributed by atoms with Gasteiger partial charge in [-0.25, -0.2) is 0 Å². The molecule has 0 saturated heterocycles. The Bertz CT molecular complexity index is 1940. The quantitative estimate of drug-likeness (QED) is 0.147. The maximum atomic E-state index is 9.08. The van der Waals surface area contributed by atoms with Gasteiger partial charge in [0.05, 0.1) is 0 Å². The second kappa shape index (κ2) is 15.4. The van der Waals surface area contributed by atoms with Crippen molar-refractivity contribution in [3.63, 3.8) is 0 Å². The van der Waals surface area contributed by atoms with Crippen LogP contribution in [0, 0.1) is 39.5 Å². The zero-order chi connectivity index (χ0) is 37.8. The summed E-state index contributed by atoms with van der Waals surface area (Å²) in [6.07, 6.45) is 21.0. The van der Waals surface area contributed by atoms with E-state index in [1.54, 1.807) is 11.1 Å². The molecular formula is C50H61Cl2SiZr. The fourth-order valence-electron chi connectivity index (χ4n) is 11.6. The maximum absolute atomic E-state index is 9.08. The van der Waals surface area contributed by atoms with E-state index in [4.69, 9.17) is 17.0 Å². The van der Waals surface area contributed by atoms with Gasteiger partial charge < -0.3 is 0 Å². The van der Waals surface area contributed by atoms with Crippen molar-refractivity contribution in [2.24, 2.45) is 11.8 Å². The van der Waals surface area contributed by atoms with Gasteiger partial charge in [0, 0.05) is 0 Å². The standard InChI is InChI=1S/2C24H27.C2H7Si.2ClH.Zr/c2*1-17-11-18(2)13-22(12-17)23-10-6-9-21-15-20(16-24(21)23)14-19-7-4-3-5-8-19;1-3-2;;;/h2*6,9-13,15-16,19H,3-5,7-8,14H2,1-2H3;3H,1-2H3;2*1H;/q;;;;;+2/p-2. The first kappa shape index (κ1) is 38.9. The monoisotopic (exact) mass is 849 g/mol. The van der Waals surface area contributed by atoms with E-state index >= 15 is 0 Å². The number of hydrogen-bond donors (Lipinski definition) is 0. The van der Waals surface area contributed by atoms with Crippen molar-refractivity contribution >= 4 is 35.1 Å². The average molecular weight is 852 g/mol. The Morgan fingerprint density at radius 2 is 0.907 bits per heavy atom. The van der Waals surface area contributed by atoms with Crippen LogP contribution in [0.1, 0.15) is 129 Å². The summed E-state index contributed by atoms with van der Waals surface area (Å²) in [5.74, 6) is -0.243. The minimum absolute atomic E-state index is 0.139. The fraction of sp³-hybridized carbons (Fsp3) is 0.440. The van der Waals surface area contributed by atoms with E-state index in [2.05, 4.69) is 126 Å². The number of rotatable bonds is 9. The second-order valence-electron chi connectivity index (χ2n) is 18.5. The Morgan fingerprint density at radius 1 is 0.537 bits per heavy atom. The number of fused-ring (bicyclic) bond motifs is 2. The molecule has 4 aliphatic rings. The topological polar surface area (TPSA) is 0 Å². The van der Waals surface area contributed by atoms with Crippen LogP contribution in [0.2, 0.25) is 13.1 Å². The summed E-state index contributed by atoms with van der Waals surface area (Å²) in [6.45, 7) is 14.0.